The molecule has 21 heavy (non-hydrogen) atoms. The van der Waals surface area contributed by atoms with Crippen LogP contribution in [0.1, 0.15) is 45.7 Å². The number of benzene rings is 1. The van der Waals surface area contributed by atoms with Gasteiger partial charge in [0.05, 0.1) is 12.7 Å². The first-order valence-electron chi connectivity index (χ1n) is 8.28. The molecule has 0 N–H and O–H groups in total. The van der Waals surface area contributed by atoms with Crippen molar-refractivity contribution >= 4 is 0 Å². The van der Waals surface area contributed by atoms with Gasteiger partial charge < -0.3 is 4.74 Å². The van der Waals surface area contributed by atoms with Crippen LogP contribution in [0, 0.1) is 5.92 Å². The maximum atomic E-state index is 5.61. The molecule has 1 saturated heterocycles. The predicted octanol–water partition coefficient (Wildman–Crippen LogP) is 3.88. The van der Waals surface area contributed by atoms with Gasteiger partial charge in [-0.05, 0) is 35.8 Å². The van der Waals surface area contributed by atoms with Crippen LogP contribution in [0.3, 0.4) is 0 Å². The van der Waals surface area contributed by atoms with E-state index < -0.39 is 0 Å². The summed E-state index contributed by atoms with van der Waals surface area (Å²) in [5.41, 5.74) is 3.12. The first-order valence-corrected chi connectivity index (χ1v) is 8.28. The monoisotopic (exact) mass is 289 g/mol. The highest BCUT2D eigenvalue weighted by atomic mass is 16.5. The predicted molar refractivity (Wildman–Crippen MR) is 89.9 cm³/mol. The minimum Gasteiger partial charge on any atom is -0.376 e. The Morgan fingerprint density at radius 1 is 1.24 bits per heavy atom. The largest absolute Gasteiger partial charge is 0.376 e. The standard InChI is InChI=1S/C19H31NO/c1-15(13-20-10-11-21-16(2)14-20)12-17-6-8-18(9-7-17)19(3,4)5/h6-9,15-16H,10-14H2,1-5H3. The van der Waals surface area contributed by atoms with Gasteiger partial charge in [-0.2, -0.15) is 0 Å². The summed E-state index contributed by atoms with van der Waals surface area (Å²) < 4.78 is 5.61. The van der Waals surface area contributed by atoms with E-state index in [1.807, 2.05) is 0 Å². The van der Waals surface area contributed by atoms with Crippen molar-refractivity contribution in [3.05, 3.63) is 35.4 Å². The van der Waals surface area contributed by atoms with Crippen LogP contribution >= 0.6 is 0 Å². The molecule has 1 fully saturated rings. The maximum Gasteiger partial charge on any atom is 0.0674 e. The second-order valence-electron chi connectivity index (χ2n) is 7.70. The molecular formula is C19H31NO. The Balaban J connectivity index is 1.86. The normalized spacial score (nSPS) is 22.2. The van der Waals surface area contributed by atoms with E-state index in [2.05, 4.69) is 63.8 Å². The lowest BCUT2D eigenvalue weighted by Crippen LogP contribution is -2.43. The number of nitrogens with zero attached hydrogens (tertiary/aromatic N) is 1. The number of morpholine rings is 1. The fraction of sp³-hybridized carbons (Fsp3) is 0.684. The van der Waals surface area contributed by atoms with Crippen molar-refractivity contribution in [3.63, 3.8) is 0 Å². The molecule has 1 aromatic carbocycles. The van der Waals surface area contributed by atoms with Crippen LogP contribution in [0.15, 0.2) is 24.3 Å². The molecule has 2 atom stereocenters. The van der Waals surface area contributed by atoms with Crippen molar-refractivity contribution in [1.82, 2.24) is 4.90 Å². The molecule has 2 rings (SSSR count). The first kappa shape index (κ1) is 16.5. The minimum absolute atomic E-state index is 0.244. The van der Waals surface area contributed by atoms with E-state index in [1.165, 1.54) is 17.7 Å². The second kappa shape index (κ2) is 6.93. The molecule has 0 spiro atoms. The molecule has 0 aromatic heterocycles. The van der Waals surface area contributed by atoms with Crippen LogP contribution in [0.2, 0.25) is 0 Å². The van der Waals surface area contributed by atoms with Crippen LogP contribution in [0.25, 0.3) is 0 Å². The van der Waals surface area contributed by atoms with Crippen molar-refractivity contribution < 1.29 is 4.74 Å². The third kappa shape index (κ3) is 5.12. The maximum absolute atomic E-state index is 5.61. The third-order valence-electron chi connectivity index (χ3n) is 4.30. The lowest BCUT2D eigenvalue weighted by Gasteiger charge is -2.33. The Morgan fingerprint density at radius 2 is 1.90 bits per heavy atom. The Kier molecular flexibility index (Phi) is 5.45. The van der Waals surface area contributed by atoms with E-state index in [9.17, 15) is 0 Å². The van der Waals surface area contributed by atoms with E-state index in [0.717, 1.165) is 26.1 Å². The molecule has 2 nitrogen and oxygen atoms in total. The van der Waals surface area contributed by atoms with Gasteiger partial charge >= 0.3 is 0 Å². The van der Waals surface area contributed by atoms with Crippen LogP contribution in [0.5, 0.6) is 0 Å². The second-order valence-corrected chi connectivity index (χ2v) is 7.70. The zero-order valence-corrected chi connectivity index (χ0v) is 14.4. The summed E-state index contributed by atoms with van der Waals surface area (Å²) >= 11 is 0. The van der Waals surface area contributed by atoms with Crippen LogP contribution in [-0.4, -0.2) is 37.2 Å². The molecule has 1 aliphatic heterocycles. The van der Waals surface area contributed by atoms with E-state index in [-0.39, 0.29) is 5.41 Å². The topological polar surface area (TPSA) is 12.5 Å². The van der Waals surface area contributed by atoms with Gasteiger partial charge in [-0.25, -0.2) is 0 Å². The van der Waals surface area contributed by atoms with Crippen molar-refractivity contribution in [2.24, 2.45) is 5.92 Å². The molecule has 118 valence electrons. The van der Waals surface area contributed by atoms with Crippen molar-refractivity contribution in [2.45, 2.75) is 52.6 Å². The smallest absolute Gasteiger partial charge is 0.0674 e. The highest BCUT2D eigenvalue weighted by Crippen LogP contribution is 2.23. The molecule has 0 aliphatic carbocycles. The van der Waals surface area contributed by atoms with Gasteiger partial charge in [-0.15, -0.1) is 0 Å². The molecule has 2 unspecified atom stereocenters. The fourth-order valence-electron chi connectivity index (χ4n) is 3.10. The highest BCUT2D eigenvalue weighted by Gasteiger charge is 2.19. The number of hydrogen-bond donors (Lipinski definition) is 0. The molecule has 1 aromatic rings. The minimum atomic E-state index is 0.244. The van der Waals surface area contributed by atoms with Crippen LogP contribution in [0.4, 0.5) is 0 Å². The Bertz CT molecular complexity index is 432. The van der Waals surface area contributed by atoms with Crippen molar-refractivity contribution in [3.8, 4) is 0 Å². The molecular weight excluding hydrogens is 258 g/mol. The number of rotatable bonds is 4. The van der Waals surface area contributed by atoms with Crippen molar-refractivity contribution in [1.29, 1.82) is 0 Å². The van der Waals surface area contributed by atoms with E-state index in [4.69, 9.17) is 4.74 Å². The zero-order chi connectivity index (χ0) is 15.5. The fourth-order valence-corrected chi connectivity index (χ4v) is 3.10. The summed E-state index contributed by atoms with van der Waals surface area (Å²) in [7, 11) is 0. The van der Waals surface area contributed by atoms with E-state index >= 15 is 0 Å². The van der Waals surface area contributed by atoms with E-state index in [0.29, 0.717) is 12.0 Å². The third-order valence-corrected chi connectivity index (χ3v) is 4.30. The number of ether oxygens (including phenoxy) is 1. The summed E-state index contributed by atoms with van der Waals surface area (Å²) in [6, 6.07) is 9.19. The van der Waals surface area contributed by atoms with Gasteiger partial charge in [0.2, 0.25) is 0 Å². The Morgan fingerprint density at radius 3 is 2.48 bits per heavy atom. The van der Waals surface area contributed by atoms with Crippen molar-refractivity contribution in [2.75, 3.05) is 26.2 Å². The first-order chi connectivity index (χ1) is 9.84. The summed E-state index contributed by atoms with van der Waals surface area (Å²) in [6.07, 6.45) is 1.55. The summed E-state index contributed by atoms with van der Waals surface area (Å²) in [5.74, 6) is 0.691. The number of hydrogen-bond acceptors (Lipinski definition) is 2. The highest BCUT2D eigenvalue weighted by molar-refractivity contribution is 5.27. The van der Waals surface area contributed by atoms with E-state index in [1.54, 1.807) is 0 Å². The Hall–Kier alpha value is -0.860. The molecule has 2 heteroatoms. The summed E-state index contributed by atoms with van der Waals surface area (Å²) in [5, 5.41) is 0. The molecule has 0 amide bonds. The summed E-state index contributed by atoms with van der Waals surface area (Å²) in [6.45, 7) is 15.5. The lowest BCUT2D eigenvalue weighted by molar-refractivity contribution is -0.0222. The molecule has 0 radical (unpaired) electrons. The van der Waals surface area contributed by atoms with Gasteiger partial charge in [0.1, 0.15) is 0 Å². The quantitative estimate of drug-likeness (QED) is 0.834. The summed E-state index contributed by atoms with van der Waals surface area (Å²) in [4.78, 5) is 2.54. The Labute approximate surface area is 130 Å². The molecule has 0 saturated carbocycles. The van der Waals surface area contributed by atoms with Gasteiger partial charge in [0.25, 0.3) is 0 Å². The van der Waals surface area contributed by atoms with Gasteiger partial charge in [-0.3, -0.25) is 4.90 Å². The van der Waals surface area contributed by atoms with Crippen LogP contribution in [-0.2, 0) is 16.6 Å². The average Bonchev–Trinajstić information content (AvgIpc) is 2.38. The molecule has 1 heterocycles. The molecule has 1 aliphatic rings. The average molecular weight is 289 g/mol. The molecule has 0 bridgehead atoms. The van der Waals surface area contributed by atoms with Gasteiger partial charge in [0, 0.05) is 19.6 Å². The SMILES string of the molecule is CC(Cc1ccc(C(C)(C)C)cc1)CN1CCOC(C)C1. The van der Waals surface area contributed by atoms with Gasteiger partial charge in [-0.1, -0.05) is 52.0 Å². The lowest BCUT2D eigenvalue weighted by atomic mass is 9.86. The van der Waals surface area contributed by atoms with Crippen LogP contribution < -0.4 is 0 Å². The van der Waals surface area contributed by atoms with Gasteiger partial charge in [0.15, 0.2) is 0 Å². The zero-order valence-electron chi connectivity index (χ0n) is 14.4.